The van der Waals surface area contributed by atoms with Crippen molar-refractivity contribution in [1.82, 2.24) is 9.88 Å². The maximum atomic E-state index is 13.8. The van der Waals surface area contributed by atoms with Gasteiger partial charge in [-0.1, -0.05) is 12.1 Å². The molecular weight excluding hydrogens is 215 g/mol. The van der Waals surface area contributed by atoms with Gasteiger partial charge in [0, 0.05) is 18.1 Å². The number of benzene rings is 1. The van der Waals surface area contributed by atoms with E-state index in [0.29, 0.717) is 0 Å². The first-order valence-electron chi connectivity index (χ1n) is 6.18. The normalized spacial score (nSPS) is 11.2. The molecule has 0 unspecified atom stereocenters. The molecule has 0 saturated heterocycles. The van der Waals surface area contributed by atoms with Crippen molar-refractivity contribution in [2.45, 2.75) is 26.3 Å². The molecule has 17 heavy (non-hydrogen) atoms. The summed E-state index contributed by atoms with van der Waals surface area (Å²) < 4.78 is 15.8. The molecule has 2 nitrogen and oxygen atoms in total. The third-order valence-electron chi connectivity index (χ3n) is 3.15. The molecule has 92 valence electrons. The van der Waals surface area contributed by atoms with Gasteiger partial charge in [-0.2, -0.15) is 0 Å². The summed E-state index contributed by atoms with van der Waals surface area (Å²) in [5.41, 5.74) is 1.99. The van der Waals surface area contributed by atoms with Gasteiger partial charge in [-0.25, -0.2) is 4.39 Å². The number of nitrogens with zero attached hydrogens (tertiary/aromatic N) is 1. The zero-order valence-electron chi connectivity index (χ0n) is 10.5. The number of para-hydroxylation sites is 1. The molecule has 3 heteroatoms. The van der Waals surface area contributed by atoms with E-state index in [9.17, 15) is 4.39 Å². The van der Waals surface area contributed by atoms with E-state index in [2.05, 4.69) is 11.5 Å². The third kappa shape index (κ3) is 2.34. The number of fused-ring (bicyclic) bond motifs is 1. The first-order valence-corrected chi connectivity index (χ1v) is 6.18. The van der Waals surface area contributed by atoms with Gasteiger partial charge in [0.25, 0.3) is 0 Å². The molecule has 0 atom stereocenters. The van der Waals surface area contributed by atoms with Crippen LogP contribution in [0.4, 0.5) is 4.39 Å². The quantitative estimate of drug-likeness (QED) is 0.787. The summed E-state index contributed by atoms with van der Waals surface area (Å²) in [7, 11) is 1.95. The van der Waals surface area contributed by atoms with Gasteiger partial charge in [0.1, 0.15) is 5.82 Å². The average molecular weight is 234 g/mol. The van der Waals surface area contributed by atoms with Crippen LogP contribution in [-0.2, 0) is 13.0 Å². The number of aromatic nitrogens is 1. The Kier molecular flexibility index (Phi) is 3.79. The molecule has 0 fully saturated rings. The van der Waals surface area contributed by atoms with Gasteiger partial charge in [-0.3, -0.25) is 0 Å². The van der Waals surface area contributed by atoms with Gasteiger partial charge in [0.2, 0.25) is 0 Å². The predicted molar refractivity (Wildman–Crippen MR) is 69.8 cm³/mol. The summed E-state index contributed by atoms with van der Waals surface area (Å²) in [6, 6.07) is 5.34. The second-order valence-corrected chi connectivity index (χ2v) is 4.28. The van der Waals surface area contributed by atoms with E-state index in [4.69, 9.17) is 0 Å². The van der Waals surface area contributed by atoms with Crippen molar-refractivity contribution in [2.75, 3.05) is 13.6 Å². The Hall–Kier alpha value is -1.35. The van der Waals surface area contributed by atoms with Crippen LogP contribution >= 0.6 is 0 Å². The Morgan fingerprint density at radius 3 is 2.88 bits per heavy atom. The second-order valence-electron chi connectivity index (χ2n) is 4.28. The molecule has 0 saturated carbocycles. The molecule has 0 aliphatic heterocycles. The van der Waals surface area contributed by atoms with Crippen LogP contribution in [0.1, 0.15) is 18.9 Å². The summed E-state index contributed by atoms with van der Waals surface area (Å²) in [6.07, 6.45) is 4.16. The molecule has 0 aliphatic rings. The van der Waals surface area contributed by atoms with Crippen LogP contribution in [-0.4, -0.2) is 18.2 Å². The maximum absolute atomic E-state index is 13.8. The highest BCUT2D eigenvalue weighted by atomic mass is 19.1. The van der Waals surface area contributed by atoms with E-state index in [0.717, 1.165) is 36.8 Å². The molecule has 1 aromatic heterocycles. The number of nitrogens with one attached hydrogen (secondary N) is 1. The molecule has 2 rings (SSSR count). The molecule has 1 aromatic carbocycles. The van der Waals surface area contributed by atoms with Gasteiger partial charge in [-0.15, -0.1) is 0 Å². The first-order chi connectivity index (χ1) is 8.27. The molecule has 0 amide bonds. The fourth-order valence-corrected chi connectivity index (χ4v) is 2.29. The number of hydrogen-bond acceptors (Lipinski definition) is 1. The van der Waals surface area contributed by atoms with Crippen molar-refractivity contribution in [2.24, 2.45) is 0 Å². The summed E-state index contributed by atoms with van der Waals surface area (Å²) in [5.74, 6) is -0.121. The summed E-state index contributed by atoms with van der Waals surface area (Å²) in [6.45, 7) is 3.85. The van der Waals surface area contributed by atoms with E-state index in [1.54, 1.807) is 6.07 Å². The summed E-state index contributed by atoms with van der Waals surface area (Å²) in [5, 5.41) is 4.20. The maximum Gasteiger partial charge on any atom is 0.147 e. The van der Waals surface area contributed by atoms with E-state index >= 15 is 0 Å². The number of halogens is 1. The van der Waals surface area contributed by atoms with E-state index < -0.39 is 0 Å². The van der Waals surface area contributed by atoms with E-state index in [-0.39, 0.29) is 5.82 Å². The van der Waals surface area contributed by atoms with Crippen molar-refractivity contribution in [1.29, 1.82) is 0 Å². The summed E-state index contributed by atoms with van der Waals surface area (Å²) in [4.78, 5) is 0. The van der Waals surface area contributed by atoms with Crippen LogP contribution in [0.15, 0.2) is 24.4 Å². The SMILES string of the molecule is CCn1cc(CCCNC)c2cccc(F)c21. The van der Waals surface area contributed by atoms with E-state index in [1.807, 2.05) is 24.6 Å². The Morgan fingerprint density at radius 1 is 1.35 bits per heavy atom. The first kappa shape index (κ1) is 12.1. The molecular formula is C14H19FN2. The Morgan fingerprint density at radius 2 is 2.18 bits per heavy atom. The number of rotatable bonds is 5. The topological polar surface area (TPSA) is 17.0 Å². The molecule has 0 bridgehead atoms. The largest absolute Gasteiger partial charge is 0.345 e. The average Bonchev–Trinajstić information content (AvgIpc) is 2.70. The van der Waals surface area contributed by atoms with Gasteiger partial charge in [0.15, 0.2) is 0 Å². The van der Waals surface area contributed by atoms with Crippen LogP contribution in [0.2, 0.25) is 0 Å². The zero-order valence-corrected chi connectivity index (χ0v) is 10.5. The Balaban J connectivity index is 2.39. The van der Waals surface area contributed by atoms with E-state index in [1.165, 1.54) is 11.6 Å². The Bertz CT molecular complexity index is 502. The van der Waals surface area contributed by atoms with Crippen LogP contribution < -0.4 is 5.32 Å². The molecule has 0 spiro atoms. The molecule has 2 aromatic rings. The predicted octanol–water partition coefficient (Wildman–Crippen LogP) is 2.95. The van der Waals surface area contributed by atoms with Crippen molar-refractivity contribution < 1.29 is 4.39 Å². The minimum Gasteiger partial charge on any atom is -0.345 e. The van der Waals surface area contributed by atoms with Crippen molar-refractivity contribution >= 4 is 10.9 Å². The summed E-state index contributed by atoms with van der Waals surface area (Å²) >= 11 is 0. The highest BCUT2D eigenvalue weighted by Crippen LogP contribution is 2.24. The lowest BCUT2D eigenvalue weighted by atomic mass is 10.1. The second kappa shape index (κ2) is 5.32. The van der Waals surface area contributed by atoms with Crippen LogP contribution in [0.3, 0.4) is 0 Å². The fraction of sp³-hybridized carbons (Fsp3) is 0.429. The zero-order chi connectivity index (χ0) is 12.3. The lowest BCUT2D eigenvalue weighted by molar-refractivity contribution is 0.626. The van der Waals surface area contributed by atoms with Gasteiger partial charge >= 0.3 is 0 Å². The van der Waals surface area contributed by atoms with Gasteiger partial charge < -0.3 is 9.88 Å². The number of hydrogen-bond donors (Lipinski definition) is 1. The van der Waals surface area contributed by atoms with Crippen LogP contribution in [0.5, 0.6) is 0 Å². The third-order valence-corrected chi connectivity index (χ3v) is 3.15. The highest BCUT2D eigenvalue weighted by molar-refractivity contribution is 5.84. The van der Waals surface area contributed by atoms with Crippen molar-refractivity contribution in [3.05, 3.63) is 35.8 Å². The minimum absolute atomic E-state index is 0.121. The van der Waals surface area contributed by atoms with Gasteiger partial charge in [0.05, 0.1) is 5.52 Å². The smallest absolute Gasteiger partial charge is 0.147 e. The van der Waals surface area contributed by atoms with Crippen molar-refractivity contribution in [3.8, 4) is 0 Å². The van der Waals surface area contributed by atoms with Crippen LogP contribution in [0, 0.1) is 5.82 Å². The molecule has 0 radical (unpaired) electrons. The fourth-order valence-electron chi connectivity index (χ4n) is 2.29. The standard InChI is InChI=1S/C14H19FN2/c1-3-17-10-11(6-5-9-16-2)12-7-4-8-13(15)14(12)17/h4,7-8,10,16H,3,5-6,9H2,1-2H3. The lowest BCUT2D eigenvalue weighted by Gasteiger charge is -2.00. The minimum atomic E-state index is -0.121. The number of aryl methyl sites for hydroxylation is 2. The highest BCUT2D eigenvalue weighted by Gasteiger charge is 2.10. The van der Waals surface area contributed by atoms with Crippen LogP contribution in [0.25, 0.3) is 10.9 Å². The lowest BCUT2D eigenvalue weighted by Crippen LogP contribution is -2.08. The van der Waals surface area contributed by atoms with Crippen molar-refractivity contribution in [3.63, 3.8) is 0 Å². The van der Waals surface area contributed by atoms with Gasteiger partial charge in [-0.05, 0) is 45.0 Å². The molecule has 1 heterocycles. The Labute approximate surface area is 101 Å². The molecule has 0 aliphatic carbocycles. The monoisotopic (exact) mass is 234 g/mol. The molecule has 1 N–H and O–H groups in total.